The van der Waals surface area contributed by atoms with Crippen LogP contribution in [0.1, 0.15) is 51.9 Å². The van der Waals surface area contributed by atoms with Gasteiger partial charge in [0.2, 0.25) is 15.9 Å². The first kappa shape index (κ1) is 21.1. The zero-order valence-electron chi connectivity index (χ0n) is 17.2. The average molecular weight is 436 g/mol. The number of rotatable bonds is 5. The van der Waals surface area contributed by atoms with Crippen LogP contribution in [0, 0.1) is 5.92 Å². The fourth-order valence-electron chi connectivity index (χ4n) is 4.46. The molecule has 1 atom stereocenters. The van der Waals surface area contributed by atoms with E-state index in [0.717, 1.165) is 25.7 Å². The number of carbonyl (C=O) groups excluding carboxylic acids is 2. The van der Waals surface area contributed by atoms with Crippen molar-refractivity contribution in [2.75, 3.05) is 18.4 Å². The normalized spacial score (nSPS) is 23.5. The van der Waals surface area contributed by atoms with Gasteiger partial charge in [-0.3, -0.25) is 9.59 Å². The summed E-state index contributed by atoms with van der Waals surface area (Å²) in [6, 6.07) is 4.83. The van der Waals surface area contributed by atoms with Crippen LogP contribution in [0.3, 0.4) is 0 Å². The molecule has 0 unspecified atom stereocenters. The van der Waals surface area contributed by atoms with Gasteiger partial charge in [-0.2, -0.15) is 4.31 Å². The molecule has 8 nitrogen and oxygen atoms in total. The molecule has 2 N–H and O–H groups in total. The van der Waals surface area contributed by atoms with Crippen LogP contribution in [0.2, 0.25) is 0 Å². The molecule has 164 valence electrons. The molecule has 1 aliphatic carbocycles. The van der Waals surface area contributed by atoms with Gasteiger partial charge in [0.05, 0.1) is 10.6 Å². The number of anilines is 1. The zero-order chi connectivity index (χ0) is 21.3. The molecule has 2 aliphatic heterocycles. The van der Waals surface area contributed by atoms with Crippen molar-refractivity contribution in [2.45, 2.75) is 68.9 Å². The molecule has 1 aromatic carbocycles. The molecule has 2 amide bonds. The number of hydrogen-bond acceptors (Lipinski definition) is 5. The van der Waals surface area contributed by atoms with E-state index in [9.17, 15) is 18.0 Å². The maximum atomic E-state index is 13.1. The number of hydrogen-bond donors (Lipinski definition) is 2. The van der Waals surface area contributed by atoms with Gasteiger partial charge in [0.15, 0.2) is 6.10 Å². The lowest BCUT2D eigenvalue weighted by Gasteiger charge is -2.31. The predicted octanol–water partition coefficient (Wildman–Crippen LogP) is 2.26. The van der Waals surface area contributed by atoms with Crippen molar-refractivity contribution in [1.82, 2.24) is 9.62 Å². The van der Waals surface area contributed by atoms with Gasteiger partial charge in [-0.25, -0.2) is 8.42 Å². The standard InChI is InChI=1S/C21H29N3O5S/c1-2-18-21(26)23-17-13-16(7-8-19(17)29-18)30(27,28)24-11-9-14(10-12-24)20(25)22-15-5-3-4-6-15/h7-8,13-15,18H,2-6,9-12H2,1H3,(H,22,25)(H,23,26)/t18-/m0/s1. The highest BCUT2D eigenvalue weighted by molar-refractivity contribution is 7.89. The third-order valence-electron chi connectivity index (χ3n) is 6.31. The summed E-state index contributed by atoms with van der Waals surface area (Å²) >= 11 is 0. The van der Waals surface area contributed by atoms with Gasteiger partial charge in [0, 0.05) is 25.0 Å². The minimum atomic E-state index is -3.71. The number of carbonyl (C=O) groups is 2. The van der Waals surface area contributed by atoms with Crippen molar-refractivity contribution in [3.05, 3.63) is 18.2 Å². The highest BCUT2D eigenvalue weighted by Gasteiger charge is 2.34. The number of nitrogens with one attached hydrogen (secondary N) is 2. The summed E-state index contributed by atoms with van der Waals surface area (Å²) in [7, 11) is -3.71. The Hall–Kier alpha value is -2.13. The predicted molar refractivity (Wildman–Crippen MR) is 112 cm³/mol. The van der Waals surface area contributed by atoms with E-state index in [1.54, 1.807) is 6.07 Å². The largest absolute Gasteiger partial charge is 0.478 e. The number of sulfonamides is 1. The van der Waals surface area contributed by atoms with Crippen LogP contribution in [0.25, 0.3) is 0 Å². The summed E-state index contributed by atoms with van der Waals surface area (Å²) in [5.74, 6) is 0.119. The van der Waals surface area contributed by atoms with Crippen molar-refractivity contribution in [3.8, 4) is 5.75 Å². The Labute approximate surface area is 177 Å². The van der Waals surface area contributed by atoms with Crippen LogP contribution in [0.5, 0.6) is 5.75 Å². The minimum absolute atomic E-state index is 0.0538. The van der Waals surface area contributed by atoms with E-state index in [0.29, 0.717) is 43.8 Å². The van der Waals surface area contributed by atoms with E-state index in [-0.39, 0.29) is 28.7 Å². The molecule has 1 saturated heterocycles. The van der Waals surface area contributed by atoms with E-state index >= 15 is 0 Å². The molecule has 0 radical (unpaired) electrons. The Kier molecular flexibility index (Phi) is 6.02. The molecule has 1 aromatic rings. The maximum Gasteiger partial charge on any atom is 0.265 e. The first-order chi connectivity index (χ1) is 14.4. The molecule has 2 heterocycles. The van der Waals surface area contributed by atoms with E-state index in [4.69, 9.17) is 4.74 Å². The third kappa shape index (κ3) is 4.18. The molecule has 1 saturated carbocycles. The minimum Gasteiger partial charge on any atom is -0.478 e. The Balaban J connectivity index is 1.40. The van der Waals surface area contributed by atoms with Crippen LogP contribution in [-0.4, -0.2) is 49.8 Å². The lowest BCUT2D eigenvalue weighted by molar-refractivity contribution is -0.126. The van der Waals surface area contributed by atoms with Crippen LogP contribution < -0.4 is 15.4 Å². The van der Waals surface area contributed by atoms with E-state index in [1.807, 2.05) is 6.92 Å². The van der Waals surface area contributed by atoms with Gasteiger partial charge >= 0.3 is 0 Å². The smallest absolute Gasteiger partial charge is 0.265 e. The van der Waals surface area contributed by atoms with Crippen molar-refractivity contribution in [3.63, 3.8) is 0 Å². The van der Waals surface area contributed by atoms with E-state index in [1.165, 1.54) is 16.4 Å². The Bertz CT molecular complexity index is 919. The maximum absolute atomic E-state index is 13.1. The molecule has 0 spiro atoms. The van der Waals surface area contributed by atoms with E-state index < -0.39 is 16.1 Å². The van der Waals surface area contributed by atoms with Crippen LogP contribution in [-0.2, 0) is 19.6 Å². The Morgan fingerprint density at radius 1 is 1.20 bits per heavy atom. The third-order valence-corrected chi connectivity index (χ3v) is 8.20. The summed E-state index contributed by atoms with van der Waals surface area (Å²) in [5, 5.41) is 5.85. The molecule has 2 fully saturated rings. The Morgan fingerprint density at radius 3 is 2.57 bits per heavy atom. The van der Waals surface area contributed by atoms with Gasteiger partial charge in [0.1, 0.15) is 5.75 Å². The molecule has 4 rings (SSSR count). The van der Waals surface area contributed by atoms with Crippen molar-refractivity contribution < 1.29 is 22.7 Å². The number of fused-ring (bicyclic) bond motifs is 1. The van der Waals surface area contributed by atoms with Gasteiger partial charge in [-0.1, -0.05) is 19.8 Å². The molecular formula is C21H29N3O5S. The molecular weight excluding hydrogens is 406 g/mol. The Morgan fingerprint density at radius 2 is 1.90 bits per heavy atom. The van der Waals surface area contributed by atoms with Crippen LogP contribution >= 0.6 is 0 Å². The average Bonchev–Trinajstić information content (AvgIpc) is 3.26. The van der Waals surface area contributed by atoms with Gasteiger partial charge in [-0.05, 0) is 50.3 Å². The quantitative estimate of drug-likeness (QED) is 0.738. The van der Waals surface area contributed by atoms with Gasteiger partial charge < -0.3 is 15.4 Å². The van der Waals surface area contributed by atoms with Crippen LogP contribution in [0.4, 0.5) is 5.69 Å². The second-order valence-electron chi connectivity index (χ2n) is 8.33. The summed E-state index contributed by atoms with van der Waals surface area (Å²) < 4.78 is 33.3. The number of piperidine rings is 1. The second-order valence-corrected chi connectivity index (χ2v) is 10.3. The fourth-order valence-corrected chi connectivity index (χ4v) is 5.95. The summed E-state index contributed by atoms with van der Waals surface area (Å²) in [6.07, 6.45) is 5.40. The molecule has 0 bridgehead atoms. The SMILES string of the molecule is CC[C@@H]1Oc2ccc(S(=O)(=O)N3CCC(C(=O)NC4CCCC4)CC3)cc2NC1=O. The fraction of sp³-hybridized carbons (Fsp3) is 0.619. The lowest BCUT2D eigenvalue weighted by Crippen LogP contribution is -2.44. The number of benzene rings is 1. The molecule has 3 aliphatic rings. The van der Waals surface area contributed by atoms with Gasteiger partial charge in [-0.15, -0.1) is 0 Å². The topological polar surface area (TPSA) is 105 Å². The number of ether oxygens (including phenoxy) is 1. The molecule has 30 heavy (non-hydrogen) atoms. The monoisotopic (exact) mass is 435 g/mol. The first-order valence-corrected chi connectivity index (χ1v) is 12.2. The highest BCUT2D eigenvalue weighted by Crippen LogP contribution is 2.34. The first-order valence-electron chi connectivity index (χ1n) is 10.8. The van der Waals surface area contributed by atoms with Crippen molar-refractivity contribution >= 4 is 27.5 Å². The van der Waals surface area contributed by atoms with E-state index in [2.05, 4.69) is 10.6 Å². The number of nitrogens with zero attached hydrogens (tertiary/aromatic N) is 1. The zero-order valence-corrected chi connectivity index (χ0v) is 18.0. The van der Waals surface area contributed by atoms with Crippen molar-refractivity contribution in [2.24, 2.45) is 5.92 Å². The summed E-state index contributed by atoms with van der Waals surface area (Å²) in [5.41, 5.74) is 0.372. The number of amides is 2. The van der Waals surface area contributed by atoms with Crippen LogP contribution in [0.15, 0.2) is 23.1 Å². The molecule has 9 heteroatoms. The summed E-state index contributed by atoms with van der Waals surface area (Å²) in [6.45, 7) is 2.47. The van der Waals surface area contributed by atoms with Crippen molar-refractivity contribution in [1.29, 1.82) is 0 Å². The van der Waals surface area contributed by atoms with Gasteiger partial charge in [0.25, 0.3) is 5.91 Å². The second kappa shape index (κ2) is 8.55. The lowest BCUT2D eigenvalue weighted by atomic mass is 9.97. The summed E-state index contributed by atoms with van der Waals surface area (Å²) in [4.78, 5) is 24.6. The highest BCUT2D eigenvalue weighted by atomic mass is 32.2. The molecule has 0 aromatic heterocycles.